The zero-order valence-electron chi connectivity index (χ0n) is 10.1. The van der Waals surface area contributed by atoms with Gasteiger partial charge in [0.15, 0.2) is 5.78 Å². The first-order chi connectivity index (χ1) is 7.43. The fraction of sp³-hybridized carbons (Fsp3) is 0.462. The number of halogens is 1. The van der Waals surface area contributed by atoms with Crippen LogP contribution in [0, 0.1) is 11.7 Å². The van der Waals surface area contributed by atoms with Gasteiger partial charge >= 0.3 is 0 Å². The maximum atomic E-state index is 13.5. The van der Waals surface area contributed by atoms with Gasteiger partial charge in [-0.05, 0) is 31.9 Å². The molecule has 0 aliphatic rings. The molecule has 1 rings (SSSR count). The molecule has 0 saturated carbocycles. The minimum absolute atomic E-state index is 0.0370. The van der Waals surface area contributed by atoms with Crippen LogP contribution in [0.5, 0.6) is 5.75 Å². The van der Waals surface area contributed by atoms with E-state index in [1.54, 1.807) is 12.1 Å². The molecule has 0 saturated heterocycles. The molecule has 3 heteroatoms. The van der Waals surface area contributed by atoms with Gasteiger partial charge in [0, 0.05) is 0 Å². The van der Waals surface area contributed by atoms with Crippen LogP contribution in [0.15, 0.2) is 18.2 Å². The standard InChI is InChI=1S/C13H17FO2/c1-8(2)10(4)16-12-7-5-6-11(14)13(12)9(3)15/h5-8,10H,1-4H3. The second kappa shape index (κ2) is 5.10. The molecular weight excluding hydrogens is 207 g/mol. The van der Waals surface area contributed by atoms with E-state index in [0.717, 1.165) is 0 Å². The van der Waals surface area contributed by atoms with Crippen LogP contribution in [-0.4, -0.2) is 11.9 Å². The van der Waals surface area contributed by atoms with E-state index in [-0.39, 0.29) is 17.5 Å². The summed E-state index contributed by atoms with van der Waals surface area (Å²) in [7, 11) is 0. The lowest BCUT2D eigenvalue weighted by Gasteiger charge is -2.19. The second-order valence-electron chi connectivity index (χ2n) is 4.24. The maximum absolute atomic E-state index is 13.5. The van der Waals surface area contributed by atoms with Crippen molar-refractivity contribution in [2.75, 3.05) is 0 Å². The summed E-state index contributed by atoms with van der Waals surface area (Å²) in [6.07, 6.45) is -0.0556. The number of rotatable bonds is 4. The topological polar surface area (TPSA) is 26.3 Å². The van der Waals surface area contributed by atoms with E-state index in [1.807, 2.05) is 20.8 Å². The summed E-state index contributed by atoms with van der Waals surface area (Å²) in [5.41, 5.74) is 0.0370. The quantitative estimate of drug-likeness (QED) is 0.732. The van der Waals surface area contributed by atoms with Crippen molar-refractivity contribution in [3.8, 4) is 5.75 Å². The van der Waals surface area contributed by atoms with Gasteiger partial charge in [-0.15, -0.1) is 0 Å². The van der Waals surface area contributed by atoms with E-state index >= 15 is 0 Å². The average Bonchev–Trinajstić information content (AvgIpc) is 2.16. The van der Waals surface area contributed by atoms with Gasteiger partial charge in [0.25, 0.3) is 0 Å². The molecule has 0 amide bonds. The number of carbonyl (C=O) groups excluding carboxylic acids is 1. The van der Waals surface area contributed by atoms with Crippen LogP contribution in [0.2, 0.25) is 0 Å². The fourth-order valence-corrected chi connectivity index (χ4v) is 1.28. The first-order valence-corrected chi connectivity index (χ1v) is 5.39. The molecule has 0 radical (unpaired) electrons. The number of Topliss-reactive ketones (excluding diaryl/α,β-unsaturated/α-hetero) is 1. The van der Waals surface area contributed by atoms with Crippen molar-refractivity contribution in [2.24, 2.45) is 5.92 Å². The van der Waals surface area contributed by atoms with Crippen molar-refractivity contribution in [3.05, 3.63) is 29.6 Å². The molecule has 0 fully saturated rings. The van der Waals surface area contributed by atoms with E-state index in [0.29, 0.717) is 11.7 Å². The summed E-state index contributed by atoms with van der Waals surface area (Å²) in [6.45, 7) is 7.26. The van der Waals surface area contributed by atoms with Crippen LogP contribution in [0.3, 0.4) is 0 Å². The second-order valence-corrected chi connectivity index (χ2v) is 4.24. The molecule has 0 aliphatic heterocycles. The van der Waals surface area contributed by atoms with Crippen LogP contribution in [0.25, 0.3) is 0 Å². The number of hydrogen-bond acceptors (Lipinski definition) is 2. The number of carbonyl (C=O) groups is 1. The van der Waals surface area contributed by atoms with E-state index in [1.165, 1.54) is 13.0 Å². The Morgan fingerprint density at radius 2 is 1.94 bits per heavy atom. The molecule has 1 aromatic carbocycles. The summed E-state index contributed by atoms with van der Waals surface area (Å²) >= 11 is 0. The zero-order valence-corrected chi connectivity index (χ0v) is 10.1. The fourth-order valence-electron chi connectivity index (χ4n) is 1.28. The maximum Gasteiger partial charge on any atom is 0.166 e. The van der Waals surface area contributed by atoms with Crippen LogP contribution in [0.4, 0.5) is 4.39 Å². The molecule has 88 valence electrons. The Balaban J connectivity index is 3.04. The van der Waals surface area contributed by atoms with E-state index in [9.17, 15) is 9.18 Å². The van der Waals surface area contributed by atoms with Gasteiger partial charge < -0.3 is 4.74 Å². The van der Waals surface area contributed by atoms with Gasteiger partial charge in [-0.3, -0.25) is 4.79 Å². The summed E-state index contributed by atoms with van der Waals surface area (Å²) in [5, 5.41) is 0. The minimum atomic E-state index is -0.527. The molecule has 1 atom stereocenters. The van der Waals surface area contributed by atoms with Crippen LogP contribution >= 0.6 is 0 Å². The summed E-state index contributed by atoms with van der Waals surface area (Å²) < 4.78 is 19.0. The third kappa shape index (κ3) is 2.81. The molecule has 0 aromatic heterocycles. The normalized spacial score (nSPS) is 12.6. The van der Waals surface area contributed by atoms with Crippen LogP contribution in [-0.2, 0) is 0 Å². The van der Waals surface area contributed by atoms with Crippen molar-refractivity contribution in [1.82, 2.24) is 0 Å². The Hall–Kier alpha value is -1.38. The van der Waals surface area contributed by atoms with E-state index in [4.69, 9.17) is 4.74 Å². The average molecular weight is 224 g/mol. The smallest absolute Gasteiger partial charge is 0.166 e. The van der Waals surface area contributed by atoms with Crippen LogP contribution in [0.1, 0.15) is 38.1 Å². The number of ether oxygens (including phenoxy) is 1. The highest BCUT2D eigenvalue weighted by Gasteiger charge is 2.17. The Bertz CT molecular complexity index is 386. The molecule has 0 aliphatic carbocycles. The largest absolute Gasteiger partial charge is 0.490 e. The van der Waals surface area contributed by atoms with Crippen molar-refractivity contribution in [3.63, 3.8) is 0 Å². The number of benzene rings is 1. The van der Waals surface area contributed by atoms with E-state index in [2.05, 4.69) is 0 Å². The summed E-state index contributed by atoms with van der Waals surface area (Å²) in [5.74, 6) is -0.207. The SMILES string of the molecule is CC(=O)c1c(F)cccc1OC(C)C(C)C. The third-order valence-electron chi connectivity index (χ3n) is 2.58. The highest BCUT2D eigenvalue weighted by Crippen LogP contribution is 2.24. The molecule has 0 heterocycles. The van der Waals surface area contributed by atoms with Crippen molar-refractivity contribution in [2.45, 2.75) is 33.8 Å². The minimum Gasteiger partial charge on any atom is -0.490 e. The molecule has 1 unspecified atom stereocenters. The van der Waals surface area contributed by atoms with Gasteiger partial charge in [-0.25, -0.2) is 4.39 Å². The molecule has 0 N–H and O–H groups in total. The summed E-state index contributed by atoms with van der Waals surface area (Å²) in [4.78, 5) is 11.3. The lowest BCUT2D eigenvalue weighted by atomic mass is 10.1. The van der Waals surface area contributed by atoms with Gasteiger partial charge in [-0.2, -0.15) is 0 Å². The van der Waals surface area contributed by atoms with Crippen molar-refractivity contribution < 1.29 is 13.9 Å². The number of ketones is 1. The Morgan fingerprint density at radius 3 is 2.44 bits per heavy atom. The molecule has 0 spiro atoms. The third-order valence-corrected chi connectivity index (χ3v) is 2.58. The Kier molecular flexibility index (Phi) is 4.05. The van der Waals surface area contributed by atoms with Gasteiger partial charge in [-0.1, -0.05) is 19.9 Å². The molecule has 0 bridgehead atoms. The molecule has 1 aromatic rings. The monoisotopic (exact) mass is 224 g/mol. The van der Waals surface area contributed by atoms with Gasteiger partial charge in [0.05, 0.1) is 11.7 Å². The van der Waals surface area contributed by atoms with Gasteiger partial charge in [0.1, 0.15) is 11.6 Å². The lowest BCUT2D eigenvalue weighted by molar-refractivity contribution is 0.0998. The van der Waals surface area contributed by atoms with E-state index < -0.39 is 5.82 Å². The summed E-state index contributed by atoms with van der Waals surface area (Å²) in [6, 6.07) is 4.44. The van der Waals surface area contributed by atoms with Crippen molar-refractivity contribution >= 4 is 5.78 Å². The van der Waals surface area contributed by atoms with Crippen molar-refractivity contribution in [1.29, 1.82) is 0 Å². The predicted molar refractivity (Wildman–Crippen MR) is 61.3 cm³/mol. The molecule has 2 nitrogen and oxygen atoms in total. The first kappa shape index (κ1) is 12.7. The van der Waals surface area contributed by atoms with Crippen LogP contribution < -0.4 is 4.74 Å². The molecule has 16 heavy (non-hydrogen) atoms. The Labute approximate surface area is 95.4 Å². The Morgan fingerprint density at radius 1 is 1.31 bits per heavy atom. The van der Waals surface area contributed by atoms with Gasteiger partial charge in [0.2, 0.25) is 0 Å². The highest BCUT2D eigenvalue weighted by atomic mass is 19.1. The molecular formula is C13H17FO2. The highest BCUT2D eigenvalue weighted by molar-refractivity contribution is 5.97. The number of hydrogen-bond donors (Lipinski definition) is 0. The lowest BCUT2D eigenvalue weighted by Crippen LogP contribution is -2.20. The first-order valence-electron chi connectivity index (χ1n) is 5.39. The predicted octanol–water partition coefficient (Wildman–Crippen LogP) is 3.45. The zero-order chi connectivity index (χ0) is 12.3.